The lowest BCUT2D eigenvalue weighted by atomic mass is 9.96. The van der Waals surface area contributed by atoms with Crippen LogP contribution in [0.25, 0.3) is 11.1 Å². The van der Waals surface area contributed by atoms with Crippen LogP contribution in [0.4, 0.5) is 30.7 Å². The first-order valence-corrected chi connectivity index (χ1v) is 13.2. The van der Waals surface area contributed by atoms with Crippen molar-refractivity contribution in [1.82, 2.24) is 10.6 Å². The Morgan fingerprint density at radius 3 is 1.82 bits per heavy atom. The lowest BCUT2D eigenvalue weighted by Crippen LogP contribution is -2.53. The van der Waals surface area contributed by atoms with Crippen molar-refractivity contribution < 1.29 is 40.6 Å². The first-order chi connectivity index (χ1) is 20.7. The minimum Gasteiger partial charge on any atom is -0.382 e. The van der Waals surface area contributed by atoms with Gasteiger partial charge in [0.2, 0.25) is 5.91 Å². The standard InChI is InChI=1S/C31H27F7N4O2/c1-16(2)26(30(44)41-22(15-40)13-23-24(32)11-17(14-39)12-25(23)33)42-28(31(36,37)38)21-9-5-19(6-10-21)18-3-7-20(8-4-18)27(43)29(34)35/h3-12,16,22,26-29,42-43H,13H2,1-2H3,(H,41,44)/t22-,26?,27+,28-/m0/s1. The van der Waals surface area contributed by atoms with Crippen molar-refractivity contribution in [3.63, 3.8) is 0 Å². The molecule has 6 nitrogen and oxygen atoms in total. The number of hydrogen-bond acceptors (Lipinski definition) is 5. The van der Waals surface area contributed by atoms with Crippen LogP contribution in [0.5, 0.6) is 0 Å². The van der Waals surface area contributed by atoms with Crippen LogP contribution in [0.15, 0.2) is 60.7 Å². The predicted molar refractivity (Wildman–Crippen MR) is 146 cm³/mol. The van der Waals surface area contributed by atoms with Crippen molar-refractivity contribution >= 4 is 5.91 Å². The van der Waals surface area contributed by atoms with Gasteiger partial charge in [0, 0.05) is 12.0 Å². The number of carbonyl (C=O) groups is 1. The molecule has 0 aliphatic heterocycles. The Labute approximate surface area is 248 Å². The highest BCUT2D eigenvalue weighted by molar-refractivity contribution is 5.82. The van der Waals surface area contributed by atoms with Gasteiger partial charge in [-0.1, -0.05) is 62.4 Å². The van der Waals surface area contributed by atoms with Crippen LogP contribution in [-0.4, -0.2) is 35.7 Å². The molecule has 0 aliphatic rings. The Bertz CT molecular complexity index is 1510. The summed E-state index contributed by atoms with van der Waals surface area (Å²) in [6.07, 6.45) is -10.5. The van der Waals surface area contributed by atoms with Crippen LogP contribution in [-0.2, 0) is 11.2 Å². The second-order valence-corrected chi connectivity index (χ2v) is 10.3. The van der Waals surface area contributed by atoms with Crippen LogP contribution < -0.4 is 10.6 Å². The number of benzene rings is 3. The molecule has 44 heavy (non-hydrogen) atoms. The maximum Gasteiger partial charge on any atom is 0.407 e. The highest BCUT2D eigenvalue weighted by Gasteiger charge is 2.43. The summed E-state index contributed by atoms with van der Waals surface area (Å²) in [7, 11) is 0. The summed E-state index contributed by atoms with van der Waals surface area (Å²) >= 11 is 0. The van der Waals surface area contributed by atoms with Crippen LogP contribution >= 0.6 is 0 Å². The first kappa shape index (κ1) is 34.0. The normalized spacial score (nSPS) is 14.4. The number of nitrogens with zero attached hydrogens (tertiary/aromatic N) is 2. The average molecular weight is 621 g/mol. The smallest absolute Gasteiger partial charge is 0.382 e. The lowest BCUT2D eigenvalue weighted by molar-refractivity contribution is -0.161. The lowest BCUT2D eigenvalue weighted by Gasteiger charge is -2.30. The Balaban J connectivity index is 1.80. The number of carbonyl (C=O) groups excluding carboxylic acids is 1. The molecule has 4 atom stereocenters. The zero-order valence-corrected chi connectivity index (χ0v) is 23.3. The van der Waals surface area contributed by atoms with E-state index >= 15 is 0 Å². The van der Waals surface area contributed by atoms with E-state index in [1.54, 1.807) is 12.1 Å². The van der Waals surface area contributed by atoms with Crippen LogP contribution in [0.2, 0.25) is 0 Å². The molecule has 0 bridgehead atoms. The molecule has 0 fully saturated rings. The summed E-state index contributed by atoms with van der Waals surface area (Å²) in [5.74, 6) is -3.95. The van der Waals surface area contributed by atoms with Crippen LogP contribution in [0, 0.1) is 40.2 Å². The second-order valence-electron chi connectivity index (χ2n) is 10.3. The zero-order valence-electron chi connectivity index (χ0n) is 23.3. The Kier molecular flexibility index (Phi) is 11.1. The monoisotopic (exact) mass is 620 g/mol. The quantitative estimate of drug-likeness (QED) is 0.219. The molecule has 0 heterocycles. The second kappa shape index (κ2) is 14.3. The summed E-state index contributed by atoms with van der Waals surface area (Å²) in [4.78, 5) is 13.1. The Morgan fingerprint density at radius 1 is 0.909 bits per heavy atom. The van der Waals surface area contributed by atoms with Crippen molar-refractivity contribution in [1.29, 1.82) is 10.5 Å². The van der Waals surface area contributed by atoms with Gasteiger partial charge in [0.05, 0.1) is 23.7 Å². The van der Waals surface area contributed by atoms with Gasteiger partial charge >= 0.3 is 6.18 Å². The third-order valence-electron chi connectivity index (χ3n) is 6.84. The fourth-order valence-corrected chi connectivity index (χ4v) is 4.47. The highest BCUT2D eigenvalue weighted by Crippen LogP contribution is 2.35. The Morgan fingerprint density at radius 2 is 1.41 bits per heavy atom. The fourth-order valence-electron chi connectivity index (χ4n) is 4.47. The molecule has 0 saturated heterocycles. The number of amides is 1. The SMILES string of the molecule is CC(C)C(N[C@@H](c1ccc(-c2ccc([C@@H](O)C(F)F)cc2)cc1)C(F)(F)F)C(=O)N[C@H](C#N)Cc1c(F)cc(C#N)cc1F. The fraction of sp³-hybridized carbons (Fsp3) is 0.323. The molecular weight excluding hydrogens is 593 g/mol. The molecule has 3 aromatic carbocycles. The molecule has 3 rings (SSSR count). The van der Waals surface area contributed by atoms with Crippen molar-refractivity contribution in [2.45, 2.75) is 57.1 Å². The topological polar surface area (TPSA) is 109 Å². The van der Waals surface area contributed by atoms with Gasteiger partial charge in [-0.3, -0.25) is 10.1 Å². The highest BCUT2D eigenvalue weighted by atomic mass is 19.4. The minimum atomic E-state index is -4.87. The van der Waals surface area contributed by atoms with E-state index in [9.17, 15) is 45.9 Å². The summed E-state index contributed by atoms with van der Waals surface area (Å²) in [6.45, 7) is 2.95. The summed E-state index contributed by atoms with van der Waals surface area (Å²) < 4.78 is 96.9. The van der Waals surface area contributed by atoms with E-state index in [0.29, 0.717) is 11.1 Å². The molecule has 0 radical (unpaired) electrons. The number of hydrogen-bond donors (Lipinski definition) is 3. The molecule has 232 valence electrons. The number of halogens is 7. The van der Waals surface area contributed by atoms with E-state index in [-0.39, 0.29) is 16.7 Å². The average Bonchev–Trinajstić information content (AvgIpc) is 2.97. The predicted octanol–water partition coefficient (Wildman–Crippen LogP) is 6.27. The van der Waals surface area contributed by atoms with E-state index in [1.807, 2.05) is 0 Å². The third kappa shape index (κ3) is 8.34. The van der Waals surface area contributed by atoms with Crippen molar-refractivity contribution in [3.05, 3.63) is 94.6 Å². The minimum absolute atomic E-state index is 0.0227. The van der Waals surface area contributed by atoms with Gasteiger partial charge in [-0.2, -0.15) is 23.7 Å². The number of aliphatic hydroxyl groups is 1. The zero-order chi connectivity index (χ0) is 32.8. The molecule has 0 aliphatic carbocycles. The van der Waals surface area contributed by atoms with E-state index in [1.165, 1.54) is 62.4 Å². The molecule has 0 spiro atoms. The third-order valence-corrected chi connectivity index (χ3v) is 6.84. The van der Waals surface area contributed by atoms with Gasteiger partial charge in [0.1, 0.15) is 29.8 Å². The van der Waals surface area contributed by atoms with Gasteiger partial charge in [0.15, 0.2) is 0 Å². The maximum atomic E-state index is 14.3. The molecule has 13 heteroatoms. The first-order valence-electron chi connectivity index (χ1n) is 13.2. The summed E-state index contributed by atoms with van der Waals surface area (Å²) in [5.41, 5.74) is -0.175. The van der Waals surface area contributed by atoms with Crippen molar-refractivity contribution in [2.75, 3.05) is 0 Å². The van der Waals surface area contributed by atoms with Crippen LogP contribution in [0.1, 0.15) is 48.2 Å². The van der Waals surface area contributed by atoms with Gasteiger partial charge in [-0.15, -0.1) is 0 Å². The van der Waals surface area contributed by atoms with E-state index in [0.717, 1.165) is 12.1 Å². The molecular formula is C31H27F7N4O2. The number of nitriles is 2. The summed E-state index contributed by atoms with van der Waals surface area (Å²) in [6, 6.07) is 10.1. The maximum absolute atomic E-state index is 14.3. The van der Waals surface area contributed by atoms with Crippen molar-refractivity contribution in [2.24, 2.45) is 5.92 Å². The van der Waals surface area contributed by atoms with Crippen LogP contribution in [0.3, 0.4) is 0 Å². The molecule has 1 amide bonds. The van der Waals surface area contributed by atoms with E-state index in [2.05, 4.69) is 10.6 Å². The molecule has 3 aromatic rings. The molecule has 3 N–H and O–H groups in total. The van der Waals surface area contributed by atoms with Gasteiger partial charge < -0.3 is 10.4 Å². The largest absolute Gasteiger partial charge is 0.407 e. The number of rotatable bonds is 11. The number of nitrogens with one attached hydrogen (secondary N) is 2. The van der Waals surface area contributed by atoms with Crippen molar-refractivity contribution in [3.8, 4) is 23.3 Å². The molecule has 0 saturated carbocycles. The van der Waals surface area contributed by atoms with Gasteiger partial charge in [0.25, 0.3) is 6.43 Å². The molecule has 0 aromatic heterocycles. The van der Waals surface area contributed by atoms with Gasteiger partial charge in [-0.05, 0) is 40.3 Å². The van der Waals surface area contributed by atoms with E-state index < -0.39 is 72.3 Å². The molecule has 1 unspecified atom stereocenters. The van der Waals surface area contributed by atoms with Gasteiger partial charge in [-0.25, -0.2) is 17.6 Å². The Hall–Kier alpha value is -4.46. The van der Waals surface area contributed by atoms with E-state index in [4.69, 9.17) is 5.26 Å². The number of alkyl halides is 5. The number of aliphatic hydroxyl groups excluding tert-OH is 1. The summed E-state index contributed by atoms with van der Waals surface area (Å²) in [5, 5.41) is 32.4.